The Kier molecular flexibility index (Phi) is 6.19. The molecule has 0 saturated carbocycles. The normalized spacial score (nSPS) is 22.9. The van der Waals surface area contributed by atoms with Crippen LogP contribution in [0.3, 0.4) is 0 Å². The fourth-order valence-corrected chi connectivity index (χ4v) is 4.38. The highest BCUT2D eigenvalue weighted by Gasteiger charge is 2.26. The summed E-state index contributed by atoms with van der Waals surface area (Å²) in [5.41, 5.74) is 2.11. The molecule has 2 aliphatic rings. The molecule has 2 fully saturated rings. The first-order valence-corrected chi connectivity index (χ1v) is 10.3. The zero-order valence-electron chi connectivity index (χ0n) is 14.9. The van der Waals surface area contributed by atoms with Crippen LogP contribution in [0.2, 0.25) is 0 Å². The van der Waals surface area contributed by atoms with Crippen molar-refractivity contribution in [3.8, 4) is 0 Å². The Morgan fingerprint density at radius 3 is 2.75 bits per heavy atom. The predicted molar refractivity (Wildman–Crippen MR) is 102 cm³/mol. The van der Waals surface area contributed by atoms with Crippen molar-refractivity contribution >= 4 is 17.7 Å². The number of benzene rings is 1. The van der Waals surface area contributed by atoms with E-state index in [9.17, 15) is 4.79 Å². The van der Waals surface area contributed by atoms with Gasteiger partial charge in [-0.15, -0.1) is 0 Å². The Morgan fingerprint density at radius 2 is 2.00 bits per heavy atom. The summed E-state index contributed by atoms with van der Waals surface area (Å²) in [7, 11) is 2.18. The molecule has 2 heterocycles. The second-order valence-corrected chi connectivity index (χ2v) is 8.05. The van der Waals surface area contributed by atoms with Crippen LogP contribution in [0, 0.1) is 5.92 Å². The lowest BCUT2D eigenvalue weighted by molar-refractivity contribution is 0.0788. The van der Waals surface area contributed by atoms with E-state index >= 15 is 0 Å². The second-order valence-electron chi connectivity index (χ2n) is 7.14. The standard InChI is InChI=1S/C19H29N3OS/c1-20-8-10-21(11-9-20)13-16-4-3-5-18(12-16)19(23)22-7-6-17(14-22)15-24-2/h3-5,12,17H,6-11,13-15H2,1-2H3/t17-/m0/s1. The number of nitrogens with zero attached hydrogens (tertiary/aromatic N) is 3. The molecular weight excluding hydrogens is 318 g/mol. The number of likely N-dealkylation sites (tertiary alicyclic amines) is 1. The Balaban J connectivity index is 1.59. The second kappa shape index (κ2) is 8.37. The Morgan fingerprint density at radius 1 is 1.21 bits per heavy atom. The summed E-state index contributed by atoms with van der Waals surface area (Å²) < 4.78 is 0. The third-order valence-corrected chi connectivity index (χ3v) is 5.96. The van der Waals surface area contributed by atoms with E-state index in [-0.39, 0.29) is 5.91 Å². The van der Waals surface area contributed by atoms with E-state index < -0.39 is 0 Å². The molecule has 24 heavy (non-hydrogen) atoms. The average Bonchev–Trinajstić information content (AvgIpc) is 3.06. The van der Waals surface area contributed by atoms with Gasteiger partial charge in [-0.05, 0) is 49.1 Å². The van der Waals surface area contributed by atoms with Gasteiger partial charge in [-0.1, -0.05) is 12.1 Å². The number of thioether (sulfide) groups is 1. The van der Waals surface area contributed by atoms with Gasteiger partial charge >= 0.3 is 0 Å². The summed E-state index contributed by atoms with van der Waals surface area (Å²) >= 11 is 1.88. The molecule has 1 atom stereocenters. The van der Waals surface area contributed by atoms with E-state index in [0.29, 0.717) is 5.92 Å². The van der Waals surface area contributed by atoms with Crippen molar-refractivity contribution in [3.63, 3.8) is 0 Å². The summed E-state index contributed by atoms with van der Waals surface area (Å²) in [6.07, 6.45) is 3.29. The molecule has 0 aromatic heterocycles. The van der Waals surface area contributed by atoms with Crippen LogP contribution in [0.4, 0.5) is 0 Å². The Hall–Kier alpha value is -1.04. The van der Waals surface area contributed by atoms with Crippen molar-refractivity contribution in [1.82, 2.24) is 14.7 Å². The summed E-state index contributed by atoms with van der Waals surface area (Å²) in [4.78, 5) is 19.7. The van der Waals surface area contributed by atoms with Crippen LogP contribution in [-0.4, -0.2) is 78.9 Å². The maximum Gasteiger partial charge on any atom is 0.253 e. The first-order valence-electron chi connectivity index (χ1n) is 8.94. The third kappa shape index (κ3) is 4.52. The molecule has 2 aliphatic heterocycles. The molecule has 1 amide bonds. The molecule has 4 nitrogen and oxygen atoms in total. The highest BCUT2D eigenvalue weighted by molar-refractivity contribution is 7.98. The minimum Gasteiger partial charge on any atom is -0.338 e. The fraction of sp³-hybridized carbons (Fsp3) is 0.632. The summed E-state index contributed by atoms with van der Waals surface area (Å²) in [6, 6.07) is 8.25. The fourth-order valence-electron chi connectivity index (χ4n) is 3.64. The van der Waals surface area contributed by atoms with Gasteiger partial charge in [-0.3, -0.25) is 9.69 Å². The summed E-state index contributed by atoms with van der Waals surface area (Å²) in [5.74, 6) is 2.03. The van der Waals surface area contributed by atoms with Crippen molar-refractivity contribution in [1.29, 1.82) is 0 Å². The van der Waals surface area contributed by atoms with Crippen molar-refractivity contribution in [2.24, 2.45) is 5.92 Å². The zero-order chi connectivity index (χ0) is 16.9. The number of hydrogen-bond donors (Lipinski definition) is 0. The molecule has 0 N–H and O–H groups in total. The lowest BCUT2D eigenvalue weighted by atomic mass is 10.1. The van der Waals surface area contributed by atoms with Crippen LogP contribution in [-0.2, 0) is 6.54 Å². The van der Waals surface area contributed by atoms with Gasteiger partial charge in [0.25, 0.3) is 5.91 Å². The molecule has 1 aromatic carbocycles. The lowest BCUT2D eigenvalue weighted by Crippen LogP contribution is -2.43. The molecule has 5 heteroatoms. The van der Waals surface area contributed by atoms with Crippen molar-refractivity contribution in [3.05, 3.63) is 35.4 Å². The van der Waals surface area contributed by atoms with Crippen molar-refractivity contribution in [2.45, 2.75) is 13.0 Å². The highest BCUT2D eigenvalue weighted by atomic mass is 32.2. The van der Waals surface area contributed by atoms with Gasteiger partial charge in [0.1, 0.15) is 0 Å². The number of hydrogen-bond acceptors (Lipinski definition) is 4. The van der Waals surface area contributed by atoms with E-state index in [2.05, 4.69) is 35.2 Å². The number of likely N-dealkylation sites (N-methyl/N-ethyl adjacent to an activating group) is 1. The predicted octanol–water partition coefficient (Wildman–Crippen LogP) is 2.26. The molecule has 0 spiro atoms. The number of rotatable bonds is 5. The molecule has 0 unspecified atom stereocenters. The van der Waals surface area contributed by atoms with Gasteiger partial charge in [-0.25, -0.2) is 0 Å². The van der Waals surface area contributed by atoms with Crippen LogP contribution in [0.5, 0.6) is 0 Å². The molecule has 0 radical (unpaired) electrons. The minimum absolute atomic E-state index is 0.207. The Bertz CT molecular complexity index is 557. The van der Waals surface area contributed by atoms with Gasteiger partial charge in [0, 0.05) is 51.4 Å². The van der Waals surface area contributed by atoms with E-state index in [1.54, 1.807) is 0 Å². The first kappa shape index (κ1) is 17.8. The van der Waals surface area contributed by atoms with Crippen LogP contribution < -0.4 is 0 Å². The molecule has 132 valence electrons. The van der Waals surface area contributed by atoms with Gasteiger partial charge in [0.2, 0.25) is 0 Å². The monoisotopic (exact) mass is 347 g/mol. The van der Waals surface area contributed by atoms with Gasteiger partial charge in [-0.2, -0.15) is 11.8 Å². The number of amides is 1. The van der Waals surface area contributed by atoms with E-state index in [1.165, 1.54) is 5.56 Å². The summed E-state index contributed by atoms with van der Waals surface area (Å²) in [6.45, 7) is 7.25. The van der Waals surface area contributed by atoms with Gasteiger partial charge < -0.3 is 9.80 Å². The quantitative estimate of drug-likeness (QED) is 0.816. The first-order chi connectivity index (χ1) is 11.7. The van der Waals surface area contributed by atoms with E-state index in [0.717, 1.165) is 63.6 Å². The van der Waals surface area contributed by atoms with Crippen molar-refractivity contribution in [2.75, 3.05) is 58.3 Å². The maximum absolute atomic E-state index is 12.8. The van der Waals surface area contributed by atoms with Gasteiger partial charge in [0.15, 0.2) is 0 Å². The smallest absolute Gasteiger partial charge is 0.253 e. The Labute approximate surface area is 150 Å². The third-order valence-electron chi connectivity index (χ3n) is 5.15. The topological polar surface area (TPSA) is 26.8 Å². The van der Waals surface area contributed by atoms with Crippen LogP contribution >= 0.6 is 11.8 Å². The zero-order valence-corrected chi connectivity index (χ0v) is 15.7. The lowest BCUT2D eigenvalue weighted by Gasteiger charge is -2.32. The SMILES string of the molecule is CSC[C@H]1CCN(C(=O)c2cccc(CN3CCN(C)CC3)c2)C1. The molecular formula is C19H29N3OS. The average molecular weight is 348 g/mol. The van der Waals surface area contributed by atoms with E-state index in [1.807, 2.05) is 28.8 Å². The maximum atomic E-state index is 12.8. The van der Waals surface area contributed by atoms with E-state index in [4.69, 9.17) is 0 Å². The highest BCUT2D eigenvalue weighted by Crippen LogP contribution is 2.22. The molecule has 1 aromatic rings. The van der Waals surface area contributed by atoms with Gasteiger partial charge in [0.05, 0.1) is 0 Å². The molecule has 2 saturated heterocycles. The summed E-state index contributed by atoms with van der Waals surface area (Å²) in [5, 5.41) is 0. The van der Waals surface area contributed by atoms with Crippen LogP contribution in [0.1, 0.15) is 22.3 Å². The van der Waals surface area contributed by atoms with Crippen LogP contribution in [0.15, 0.2) is 24.3 Å². The molecule has 0 bridgehead atoms. The number of carbonyl (C=O) groups excluding carboxylic acids is 1. The van der Waals surface area contributed by atoms with Crippen molar-refractivity contribution < 1.29 is 4.79 Å². The largest absolute Gasteiger partial charge is 0.338 e. The molecule has 0 aliphatic carbocycles. The number of piperazine rings is 1. The molecule has 3 rings (SSSR count). The van der Waals surface area contributed by atoms with Crippen LogP contribution in [0.25, 0.3) is 0 Å². The number of carbonyl (C=O) groups is 1. The minimum atomic E-state index is 0.207.